The Morgan fingerprint density at radius 3 is 2.82 bits per heavy atom. The molecular formula is C24H26N11O4-. The maximum absolute atomic E-state index is 11.4. The molecule has 0 spiro atoms. The topological polar surface area (TPSA) is 196 Å². The largest absolute Gasteiger partial charge is 0.612 e. The van der Waals surface area contributed by atoms with Gasteiger partial charge in [-0.3, -0.25) is 4.63 Å². The minimum atomic E-state index is -0.519. The van der Waals surface area contributed by atoms with Gasteiger partial charge in [0.15, 0.2) is 17.0 Å². The van der Waals surface area contributed by atoms with E-state index in [-0.39, 0.29) is 16.5 Å². The zero-order valence-corrected chi connectivity index (χ0v) is 21.5. The lowest BCUT2D eigenvalue weighted by Gasteiger charge is -2.22. The Labute approximate surface area is 221 Å². The summed E-state index contributed by atoms with van der Waals surface area (Å²) in [4.78, 5) is 15.7. The summed E-state index contributed by atoms with van der Waals surface area (Å²) in [6, 6.07) is 6.63. The fraction of sp³-hybridized carbons (Fsp3) is 0.375. The number of aliphatic hydroxyl groups excluding tert-OH is 1. The van der Waals surface area contributed by atoms with Crippen molar-refractivity contribution in [1.82, 2.24) is 45.2 Å². The number of pyridine rings is 1. The van der Waals surface area contributed by atoms with Gasteiger partial charge in [0.25, 0.3) is 5.36 Å². The number of aliphatic hydroxyl groups is 1. The van der Waals surface area contributed by atoms with E-state index in [4.69, 9.17) is 14.6 Å². The van der Waals surface area contributed by atoms with Crippen LogP contribution in [0.4, 0.5) is 17.3 Å². The molecule has 1 atom stereocenters. The van der Waals surface area contributed by atoms with Crippen LogP contribution in [0, 0.1) is 10.4 Å². The summed E-state index contributed by atoms with van der Waals surface area (Å²) in [7, 11) is 0. The van der Waals surface area contributed by atoms with E-state index < -0.39 is 11.0 Å². The first-order valence-corrected chi connectivity index (χ1v) is 12.4. The molecule has 6 rings (SSSR count). The van der Waals surface area contributed by atoms with Crippen LogP contribution in [0.25, 0.3) is 22.6 Å². The minimum Gasteiger partial charge on any atom is -0.612 e. The molecule has 1 fully saturated rings. The maximum atomic E-state index is 11.4. The Morgan fingerprint density at radius 1 is 1.23 bits per heavy atom. The van der Waals surface area contributed by atoms with Crippen LogP contribution in [0.2, 0.25) is 0 Å². The zero-order valence-electron chi connectivity index (χ0n) is 21.5. The number of aromatic amines is 1. The van der Waals surface area contributed by atoms with Gasteiger partial charge in [-0.15, -0.1) is 5.10 Å². The number of benzene rings is 1. The second-order valence-electron chi connectivity index (χ2n) is 10.5. The van der Waals surface area contributed by atoms with Crippen LogP contribution in [0.5, 0.6) is 0 Å². The van der Waals surface area contributed by atoms with Crippen molar-refractivity contribution in [3.8, 4) is 11.4 Å². The minimum absolute atomic E-state index is 0.0933. The summed E-state index contributed by atoms with van der Waals surface area (Å²) in [5, 5.41) is 51.1. The number of anilines is 3. The molecule has 15 heteroatoms. The van der Waals surface area contributed by atoms with E-state index >= 15 is 0 Å². The molecule has 0 radical (unpaired) electrons. The second-order valence-corrected chi connectivity index (χ2v) is 10.5. The van der Waals surface area contributed by atoms with Crippen molar-refractivity contribution in [3.05, 3.63) is 57.6 Å². The number of rotatable bonds is 5. The van der Waals surface area contributed by atoms with Gasteiger partial charge in [0.2, 0.25) is 5.69 Å². The molecule has 202 valence electrons. The Balaban J connectivity index is 1.39. The molecule has 0 bridgehead atoms. The lowest BCUT2D eigenvalue weighted by molar-refractivity contribution is 0.198. The SMILES string of the molecule is CC(C)(C)c1nc(N2CC[C@H](O)C2)c2nnn(Cc3cccnc3Nc3ccc(=[N+]([O-])[O-])c4no[nH]c3-4)c2n1. The van der Waals surface area contributed by atoms with Gasteiger partial charge in [-0.05, 0) is 23.7 Å². The van der Waals surface area contributed by atoms with E-state index in [1.54, 1.807) is 16.9 Å². The van der Waals surface area contributed by atoms with Gasteiger partial charge in [-0.2, -0.15) is 10.1 Å². The van der Waals surface area contributed by atoms with Crippen LogP contribution in [-0.2, 0) is 12.0 Å². The highest BCUT2D eigenvalue weighted by atomic mass is 16.8. The fourth-order valence-corrected chi connectivity index (χ4v) is 4.55. The predicted octanol–water partition coefficient (Wildman–Crippen LogP) is 1.47. The van der Waals surface area contributed by atoms with Crippen molar-refractivity contribution >= 4 is 28.5 Å². The standard InChI is InChI=1S/C24H26N11O4/c1-24(2,3)23-27-21(33-10-8-14(36)12-33)19-22(28-23)34(32-29-19)11-13-5-4-9-25-20(13)26-15-6-7-16(35(37)38)18-17(15)30-39-31-18/h4-7,9,14,30,36H,8,10-12H2,1-3H3,(H-,25,26,37,38)/q-1/t14-/m0/s1. The number of β-amino-alcohol motifs (C(OH)–C–C–N with tert-alkyl or cyclic N) is 1. The Bertz CT molecular complexity index is 1700. The number of fused-ring (bicyclic) bond motifs is 2. The van der Waals surface area contributed by atoms with Crippen molar-refractivity contribution < 1.29 is 9.74 Å². The van der Waals surface area contributed by atoms with Crippen LogP contribution in [-0.4, -0.2) is 64.6 Å². The first kappa shape index (κ1) is 24.5. The lowest BCUT2D eigenvalue weighted by Crippen LogP contribution is -2.25. The first-order chi connectivity index (χ1) is 18.7. The number of H-pyrrole nitrogens is 1. The molecule has 0 aromatic carbocycles. The summed E-state index contributed by atoms with van der Waals surface area (Å²) < 4.78 is 6.60. The summed E-state index contributed by atoms with van der Waals surface area (Å²) in [6.07, 6.45) is 1.89. The molecule has 3 aromatic rings. The van der Waals surface area contributed by atoms with Gasteiger partial charge in [0, 0.05) is 36.3 Å². The molecule has 2 aliphatic heterocycles. The molecular weight excluding hydrogens is 506 g/mol. The van der Waals surface area contributed by atoms with Crippen LogP contribution < -0.4 is 20.5 Å². The molecule has 39 heavy (non-hydrogen) atoms. The molecule has 3 aromatic heterocycles. The third kappa shape index (κ3) is 4.46. The smallest absolute Gasteiger partial charge is 0.254 e. The fourth-order valence-electron chi connectivity index (χ4n) is 4.55. The van der Waals surface area contributed by atoms with Crippen molar-refractivity contribution in [2.75, 3.05) is 23.3 Å². The molecule has 5 heterocycles. The number of hydrogen-bond donors (Lipinski definition) is 3. The molecule has 1 saturated heterocycles. The van der Waals surface area contributed by atoms with E-state index in [2.05, 4.69) is 30.9 Å². The second kappa shape index (κ2) is 9.20. The van der Waals surface area contributed by atoms with Gasteiger partial charge < -0.3 is 25.7 Å². The molecule has 1 aliphatic carbocycles. The molecule has 0 saturated carbocycles. The van der Waals surface area contributed by atoms with E-state index in [9.17, 15) is 15.5 Å². The number of nitrogens with one attached hydrogen (secondary N) is 2. The van der Waals surface area contributed by atoms with Gasteiger partial charge in [0.1, 0.15) is 17.3 Å². The van der Waals surface area contributed by atoms with Crippen molar-refractivity contribution in [2.24, 2.45) is 0 Å². The molecule has 3 N–H and O–H groups in total. The quantitative estimate of drug-likeness (QED) is 0.276. The monoisotopic (exact) mass is 532 g/mol. The highest BCUT2D eigenvalue weighted by molar-refractivity contribution is 5.83. The highest BCUT2D eigenvalue weighted by Gasteiger charge is 2.29. The average Bonchev–Trinajstić information content (AvgIpc) is 3.64. The molecule has 0 unspecified atom stereocenters. The Morgan fingerprint density at radius 2 is 2.08 bits per heavy atom. The molecule has 15 nitrogen and oxygen atoms in total. The van der Waals surface area contributed by atoms with Crippen molar-refractivity contribution in [1.29, 1.82) is 0 Å². The Kier molecular flexibility index (Phi) is 5.79. The summed E-state index contributed by atoms with van der Waals surface area (Å²) in [6.45, 7) is 7.56. The highest BCUT2D eigenvalue weighted by Crippen LogP contribution is 2.31. The lowest BCUT2D eigenvalue weighted by atomic mass is 9.96. The zero-order chi connectivity index (χ0) is 27.3. The van der Waals surface area contributed by atoms with E-state index in [0.29, 0.717) is 66.1 Å². The van der Waals surface area contributed by atoms with Crippen LogP contribution in [0.1, 0.15) is 38.6 Å². The normalized spacial score (nSPS) is 15.9. The number of aromatic nitrogens is 8. The summed E-state index contributed by atoms with van der Waals surface area (Å²) in [5.74, 6) is 1.82. The van der Waals surface area contributed by atoms with Crippen LogP contribution in [0.3, 0.4) is 0 Å². The molecule has 3 aliphatic rings. The van der Waals surface area contributed by atoms with Gasteiger partial charge in [-0.25, -0.2) is 19.6 Å². The van der Waals surface area contributed by atoms with Gasteiger partial charge in [-0.1, -0.05) is 32.1 Å². The number of nitrogens with zero attached hydrogens (tertiary/aromatic N) is 9. The molecule has 0 amide bonds. The number of hydrogen-bond acceptors (Lipinski definition) is 12. The predicted molar refractivity (Wildman–Crippen MR) is 141 cm³/mol. The third-order valence-electron chi connectivity index (χ3n) is 6.58. The summed E-state index contributed by atoms with van der Waals surface area (Å²) >= 11 is 0. The average molecular weight is 533 g/mol. The van der Waals surface area contributed by atoms with Crippen molar-refractivity contribution in [3.63, 3.8) is 0 Å². The Hall–Kier alpha value is -4.79. The van der Waals surface area contributed by atoms with Gasteiger partial charge in [0.05, 0.1) is 18.3 Å². The first-order valence-electron chi connectivity index (χ1n) is 12.4. The maximum Gasteiger partial charge on any atom is 0.254 e. The van der Waals surface area contributed by atoms with Crippen molar-refractivity contribution in [2.45, 2.75) is 45.3 Å². The van der Waals surface area contributed by atoms with E-state index in [0.717, 1.165) is 5.56 Å². The van der Waals surface area contributed by atoms with Crippen LogP contribution >= 0.6 is 0 Å². The van der Waals surface area contributed by atoms with Gasteiger partial charge >= 0.3 is 0 Å². The van der Waals surface area contributed by atoms with E-state index in [1.165, 1.54) is 6.07 Å². The third-order valence-corrected chi connectivity index (χ3v) is 6.58. The van der Waals surface area contributed by atoms with Crippen LogP contribution in [0.15, 0.2) is 35.1 Å². The van der Waals surface area contributed by atoms with E-state index in [1.807, 2.05) is 37.8 Å². The summed E-state index contributed by atoms with van der Waals surface area (Å²) in [5.41, 5.74) is 2.53.